The maximum absolute atomic E-state index is 14.0. The van der Waals surface area contributed by atoms with Crippen LogP contribution in [0.3, 0.4) is 0 Å². The molecule has 0 aliphatic carbocycles. The van der Waals surface area contributed by atoms with Gasteiger partial charge in [0.25, 0.3) is 0 Å². The second-order valence-corrected chi connectivity index (χ2v) is 12.7. The maximum atomic E-state index is 14.0. The molecular weight excluding hydrogens is 561 g/mol. The Labute approximate surface area is 251 Å². The van der Waals surface area contributed by atoms with E-state index in [9.17, 15) is 18.8 Å². The fourth-order valence-corrected chi connectivity index (χ4v) is 4.88. The summed E-state index contributed by atoms with van der Waals surface area (Å²) >= 11 is 5.97. The minimum Gasteiger partial charge on any atom is -0.455 e. The second kappa shape index (κ2) is 13.7. The number of nitrogens with one attached hydrogen (secondary N) is 1. The molecular formula is C32H41ClFN3O5. The quantitative estimate of drug-likeness (QED) is 0.181. The summed E-state index contributed by atoms with van der Waals surface area (Å²) in [6, 6.07) is 10.9. The highest BCUT2D eigenvalue weighted by Crippen LogP contribution is 2.38. The van der Waals surface area contributed by atoms with Gasteiger partial charge < -0.3 is 20.5 Å². The van der Waals surface area contributed by atoms with Crippen molar-refractivity contribution in [2.75, 3.05) is 11.9 Å². The van der Waals surface area contributed by atoms with Crippen LogP contribution < -0.4 is 11.1 Å². The smallest absolute Gasteiger partial charge is 0.419 e. The standard InChI is InChI=1S/C32H41ClFN3O5/c1-31(2,3)41-29(39)27-26(21-13-10-11-15-25(21)37(27)30(40)42-32(4,5)6)22(14-9-7-8-12-18-35)28(38)36-20-16-17-24(34)23(33)19-20/h10-11,13,15-17,19,22H,7-9,12,14,18,35H2,1-6H3,(H,36,38). The van der Waals surface area contributed by atoms with E-state index in [1.54, 1.807) is 65.8 Å². The van der Waals surface area contributed by atoms with Crippen molar-refractivity contribution < 1.29 is 28.2 Å². The van der Waals surface area contributed by atoms with Crippen molar-refractivity contribution in [2.24, 2.45) is 5.73 Å². The van der Waals surface area contributed by atoms with Crippen LogP contribution in [0.15, 0.2) is 42.5 Å². The number of carbonyl (C=O) groups excluding carboxylic acids is 3. The van der Waals surface area contributed by atoms with Crippen molar-refractivity contribution in [1.82, 2.24) is 4.57 Å². The Hall–Kier alpha value is -3.43. The molecule has 1 atom stereocenters. The van der Waals surface area contributed by atoms with Gasteiger partial charge in [0.2, 0.25) is 5.91 Å². The topological polar surface area (TPSA) is 113 Å². The molecule has 0 fully saturated rings. The summed E-state index contributed by atoms with van der Waals surface area (Å²) in [7, 11) is 0. The van der Waals surface area contributed by atoms with Gasteiger partial charge in [0.05, 0.1) is 16.5 Å². The van der Waals surface area contributed by atoms with Crippen LogP contribution in [0.4, 0.5) is 14.9 Å². The van der Waals surface area contributed by atoms with E-state index in [0.29, 0.717) is 41.5 Å². The number of unbranched alkanes of at least 4 members (excludes halogenated alkanes) is 3. The van der Waals surface area contributed by atoms with Gasteiger partial charge in [0.1, 0.15) is 22.7 Å². The van der Waals surface area contributed by atoms with Gasteiger partial charge in [-0.1, -0.05) is 49.1 Å². The van der Waals surface area contributed by atoms with Crippen LogP contribution in [0.5, 0.6) is 0 Å². The third kappa shape index (κ3) is 8.55. The lowest BCUT2D eigenvalue weighted by Gasteiger charge is -2.24. The number of nitrogens with two attached hydrogens (primary N) is 1. The Morgan fingerprint density at radius 2 is 1.60 bits per heavy atom. The van der Waals surface area contributed by atoms with E-state index in [4.69, 9.17) is 26.8 Å². The Bertz CT molecular complexity index is 1440. The lowest BCUT2D eigenvalue weighted by molar-refractivity contribution is -0.117. The van der Waals surface area contributed by atoms with Gasteiger partial charge >= 0.3 is 12.1 Å². The van der Waals surface area contributed by atoms with Crippen molar-refractivity contribution in [1.29, 1.82) is 0 Å². The molecule has 1 unspecified atom stereocenters. The lowest BCUT2D eigenvalue weighted by atomic mass is 9.89. The van der Waals surface area contributed by atoms with E-state index in [0.717, 1.165) is 19.3 Å². The number of hydrogen-bond acceptors (Lipinski definition) is 6. The SMILES string of the molecule is CC(C)(C)OC(=O)c1c(C(CCCCCCN)C(=O)Nc2ccc(F)c(Cl)c2)c2ccccc2n1C(=O)OC(C)(C)C. The summed E-state index contributed by atoms with van der Waals surface area (Å²) in [5, 5.41) is 3.24. The molecule has 228 valence electrons. The number of benzene rings is 2. The number of fused-ring (bicyclic) bond motifs is 1. The second-order valence-electron chi connectivity index (χ2n) is 12.3. The monoisotopic (exact) mass is 601 g/mol. The maximum Gasteiger partial charge on any atom is 0.419 e. The molecule has 1 aromatic heterocycles. The number of aromatic nitrogens is 1. The summed E-state index contributed by atoms with van der Waals surface area (Å²) in [5.74, 6) is -2.68. The minimum atomic E-state index is -0.881. The average molecular weight is 602 g/mol. The number of carbonyl (C=O) groups is 3. The van der Waals surface area contributed by atoms with E-state index >= 15 is 0 Å². The van der Waals surface area contributed by atoms with Gasteiger partial charge in [-0.05, 0) is 85.2 Å². The highest BCUT2D eigenvalue weighted by molar-refractivity contribution is 6.31. The van der Waals surface area contributed by atoms with Crippen LogP contribution in [0.1, 0.15) is 95.6 Å². The first-order valence-corrected chi connectivity index (χ1v) is 14.6. The van der Waals surface area contributed by atoms with E-state index in [2.05, 4.69) is 5.32 Å². The number of rotatable bonds is 10. The van der Waals surface area contributed by atoms with Gasteiger partial charge in [0, 0.05) is 16.6 Å². The highest BCUT2D eigenvalue weighted by Gasteiger charge is 2.37. The van der Waals surface area contributed by atoms with Gasteiger partial charge in [-0.3, -0.25) is 4.79 Å². The Morgan fingerprint density at radius 1 is 0.952 bits per heavy atom. The normalized spacial score (nSPS) is 12.7. The minimum absolute atomic E-state index is 0.0698. The molecule has 10 heteroatoms. The highest BCUT2D eigenvalue weighted by atomic mass is 35.5. The predicted molar refractivity (Wildman–Crippen MR) is 164 cm³/mol. The number of halogens is 2. The van der Waals surface area contributed by atoms with Crippen LogP contribution in [-0.2, 0) is 14.3 Å². The van der Waals surface area contributed by atoms with Gasteiger partial charge in [-0.25, -0.2) is 18.5 Å². The van der Waals surface area contributed by atoms with Crippen molar-refractivity contribution in [3.63, 3.8) is 0 Å². The molecule has 0 aliphatic heterocycles. The third-order valence-corrected chi connectivity index (χ3v) is 6.67. The molecule has 3 rings (SSSR count). The Morgan fingerprint density at radius 3 is 2.21 bits per heavy atom. The summed E-state index contributed by atoms with van der Waals surface area (Å²) in [6.07, 6.45) is 2.81. The number of hydrogen-bond donors (Lipinski definition) is 2. The summed E-state index contributed by atoms with van der Waals surface area (Å²) < 4.78 is 26.5. The molecule has 0 saturated carbocycles. The largest absolute Gasteiger partial charge is 0.455 e. The van der Waals surface area contributed by atoms with Crippen molar-refractivity contribution in [3.8, 4) is 0 Å². The number of para-hydroxylation sites is 1. The first-order valence-electron chi connectivity index (χ1n) is 14.2. The number of anilines is 1. The average Bonchev–Trinajstić information content (AvgIpc) is 3.22. The van der Waals surface area contributed by atoms with Crippen molar-refractivity contribution >= 4 is 46.2 Å². The van der Waals surface area contributed by atoms with Crippen LogP contribution in [0.25, 0.3) is 10.9 Å². The Kier molecular flexibility index (Phi) is 10.8. The lowest BCUT2D eigenvalue weighted by Crippen LogP contribution is -2.32. The first kappa shape index (κ1) is 33.1. The van der Waals surface area contributed by atoms with Crippen molar-refractivity contribution in [2.45, 2.75) is 90.8 Å². The summed E-state index contributed by atoms with van der Waals surface area (Å²) in [6.45, 7) is 10.9. The van der Waals surface area contributed by atoms with Gasteiger partial charge in [-0.2, -0.15) is 0 Å². The number of amides is 1. The Balaban J connectivity index is 2.24. The first-order chi connectivity index (χ1) is 19.6. The van der Waals surface area contributed by atoms with E-state index in [1.807, 2.05) is 0 Å². The molecule has 2 aromatic carbocycles. The van der Waals surface area contributed by atoms with E-state index < -0.39 is 40.9 Å². The van der Waals surface area contributed by atoms with Crippen LogP contribution >= 0.6 is 11.6 Å². The summed E-state index contributed by atoms with van der Waals surface area (Å²) in [5.41, 5.74) is 4.92. The predicted octanol–water partition coefficient (Wildman–Crippen LogP) is 7.80. The van der Waals surface area contributed by atoms with E-state index in [-0.39, 0.29) is 10.7 Å². The molecule has 0 saturated heterocycles. The zero-order valence-corrected chi connectivity index (χ0v) is 25.9. The van der Waals surface area contributed by atoms with Crippen LogP contribution in [0.2, 0.25) is 5.02 Å². The molecule has 3 aromatic rings. The summed E-state index contributed by atoms with van der Waals surface area (Å²) in [4.78, 5) is 41.5. The molecule has 1 amide bonds. The fourth-order valence-electron chi connectivity index (χ4n) is 4.70. The van der Waals surface area contributed by atoms with E-state index in [1.165, 1.54) is 22.8 Å². The fraction of sp³-hybridized carbons (Fsp3) is 0.469. The number of nitrogens with zero attached hydrogens (tertiary/aromatic N) is 1. The molecule has 0 radical (unpaired) electrons. The van der Waals surface area contributed by atoms with Gasteiger partial charge in [0.15, 0.2) is 0 Å². The molecule has 0 bridgehead atoms. The molecule has 8 nitrogen and oxygen atoms in total. The molecule has 1 heterocycles. The molecule has 0 aliphatic rings. The molecule has 42 heavy (non-hydrogen) atoms. The van der Waals surface area contributed by atoms with Gasteiger partial charge in [-0.15, -0.1) is 0 Å². The van der Waals surface area contributed by atoms with Crippen molar-refractivity contribution in [3.05, 3.63) is 64.6 Å². The molecule has 0 spiro atoms. The number of ether oxygens (including phenoxy) is 2. The molecule has 3 N–H and O–H groups in total. The number of esters is 1. The zero-order chi connectivity index (χ0) is 31.2. The third-order valence-electron chi connectivity index (χ3n) is 6.38. The van der Waals surface area contributed by atoms with Crippen LogP contribution in [0, 0.1) is 5.82 Å². The zero-order valence-electron chi connectivity index (χ0n) is 25.2. The van der Waals surface area contributed by atoms with Crippen LogP contribution in [-0.4, -0.2) is 40.3 Å².